The van der Waals surface area contributed by atoms with E-state index in [1.165, 1.54) is 29.2 Å². The number of amides is 1. The Labute approximate surface area is 166 Å². The summed E-state index contributed by atoms with van der Waals surface area (Å²) in [6.45, 7) is 1.51. The number of carbonyl (C=O) groups is 2. The van der Waals surface area contributed by atoms with Crippen molar-refractivity contribution in [3.63, 3.8) is 0 Å². The average Bonchev–Trinajstić information content (AvgIpc) is 3.26. The number of hydrogen-bond donors (Lipinski definition) is 1. The van der Waals surface area contributed by atoms with E-state index in [-0.39, 0.29) is 16.6 Å². The van der Waals surface area contributed by atoms with Gasteiger partial charge in [0.1, 0.15) is 11.9 Å². The number of aliphatic imine (C=N–C) groups is 1. The third kappa shape index (κ3) is 4.39. The first-order chi connectivity index (χ1) is 13.3. The first-order valence-electron chi connectivity index (χ1n) is 8.41. The van der Waals surface area contributed by atoms with Crippen LogP contribution in [0.3, 0.4) is 0 Å². The smallest absolute Gasteiger partial charge is 0.331 e. The molecule has 1 aliphatic rings. The van der Waals surface area contributed by atoms with Crippen molar-refractivity contribution in [3.05, 3.63) is 52.2 Å². The third-order valence-electron chi connectivity index (χ3n) is 4.06. The molecular formula is C18H19N3O5S2. The van der Waals surface area contributed by atoms with Crippen LogP contribution in [0, 0.1) is 0 Å². The lowest BCUT2D eigenvalue weighted by Crippen LogP contribution is -2.32. The van der Waals surface area contributed by atoms with Gasteiger partial charge in [-0.3, -0.25) is 14.5 Å². The topological polar surface area (TPSA) is 105 Å². The van der Waals surface area contributed by atoms with Crippen molar-refractivity contribution in [1.29, 1.82) is 0 Å². The van der Waals surface area contributed by atoms with Crippen LogP contribution in [-0.2, 0) is 30.9 Å². The Morgan fingerprint density at radius 2 is 2.00 bits per heavy atom. The Kier molecular flexibility index (Phi) is 5.80. The highest BCUT2D eigenvalue weighted by atomic mass is 32.2. The molecule has 3 rings (SSSR count). The van der Waals surface area contributed by atoms with Crippen LogP contribution in [0.2, 0.25) is 0 Å². The zero-order valence-corrected chi connectivity index (χ0v) is 16.9. The number of nitrogens with zero attached hydrogens (tertiary/aromatic N) is 2. The molecule has 1 aromatic carbocycles. The summed E-state index contributed by atoms with van der Waals surface area (Å²) in [5.74, 6) is -0.969. The van der Waals surface area contributed by atoms with Crippen molar-refractivity contribution >= 4 is 39.1 Å². The number of sulfonamides is 1. The fourth-order valence-electron chi connectivity index (χ4n) is 2.56. The van der Waals surface area contributed by atoms with Crippen molar-refractivity contribution in [2.75, 3.05) is 13.7 Å². The van der Waals surface area contributed by atoms with Gasteiger partial charge < -0.3 is 9.64 Å². The van der Waals surface area contributed by atoms with E-state index in [0.29, 0.717) is 12.1 Å². The second kappa shape index (κ2) is 8.11. The number of carbonyl (C=O) groups excluding carboxylic acids is 2. The molecule has 0 aliphatic carbocycles. The fourth-order valence-corrected chi connectivity index (χ4v) is 4.56. The van der Waals surface area contributed by atoms with Gasteiger partial charge in [0.15, 0.2) is 6.61 Å². The average molecular weight is 422 g/mol. The van der Waals surface area contributed by atoms with E-state index in [4.69, 9.17) is 4.74 Å². The van der Waals surface area contributed by atoms with Gasteiger partial charge in [-0.2, -0.15) is 0 Å². The maximum absolute atomic E-state index is 12.2. The normalized spacial score (nSPS) is 16.9. The number of rotatable bonds is 6. The van der Waals surface area contributed by atoms with Crippen LogP contribution >= 0.6 is 11.3 Å². The molecule has 0 saturated carbocycles. The predicted molar refractivity (Wildman–Crippen MR) is 105 cm³/mol. The Balaban J connectivity index is 1.59. The summed E-state index contributed by atoms with van der Waals surface area (Å²) in [5, 5.41) is 1.92. The van der Waals surface area contributed by atoms with E-state index in [0.717, 1.165) is 4.88 Å². The van der Waals surface area contributed by atoms with Gasteiger partial charge >= 0.3 is 5.97 Å². The maximum atomic E-state index is 12.2. The quantitative estimate of drug-likeness (QED) is 0.710. The highest BCUT2D eigenvalue weighted by molar-refractivity contribution is 7.90. The van der Waals surface area contributed by atoms with Crippen molar-refractivity contribution < 1.29 is 22.7 Å². The zero-order chi connectivity index (χ0) is 20.3. The molecule has 0 unspecified atom stereocenters. The van der Waals surface area contributed by atoms with Crippen LogP contribution in [0.1, 0.15) is 17.4 Å². The highest BCUT2D eigenvalue weighted by Gasteiger charge is 2.31. The Hall–Kier alpha value is -2.72. The van der Waals surface area contributed by atoms with E-state index in [2.05, 4.69) is 9.71 Å². The number of fused-ring (bicyclic) bond motifs is 1. The first-order valence-corrected chi connectivity index (χ1v) is 10.8. The molecule has 1 aliphatic heterocycles. The molecule has 10 heteroatoms. The van der Waals surface area contributed by atoms with Gasteiger partial charge in [0.25, 0.3) is 15.9 Å². The van der Waals surface area contributed by atoms with Crippen LogP contribution in [0.4, 0.5) is 0 Å². The molecule has 0 spiro atoms. The third-order valence-corrected chi connectivity index (χ3v) is 6.32. The van der Waals surface area contributed by atoms with E-state index >= 15 is 0 Å². The second-order valence-corrected chi connectivity index (χ2v) is 8.88. The summed E-state index contributed by atoms with van der Waals surface area (Å²) in [7, 11) is -2.05. The minimum atomic E-state index is -3.68. The van der Waals surface area contributed by atoms with E-state index in [1.807, 2.05) is 17.5 Å². The highest BCUT2D eigenvalue weighted by Crippen LogP contribution is 2.22. The van der Waals surface area contributed by atoms with Crippen LogP contribution in [0.25, 0.3) is 0 Å². The van der Waals surface area contributed by atoms with Gasteiger partial charge in [-0.05, 0) is 30.5 Å². The SMILES string of the molecule is C[C@H](N=C1NS(=O)(=O)c2ccccc21)C(=O)OCC(=O)N(C)Cc1cccs1. The molecule has 0 bridgehead atoms. The second-order valence-electron chi connectivity index (χ2n) is 6.19. The number of amidine groups is 1. The zero-order valence-electron chi connectivity index (χ0n) is 15.3. The van der Waals surface area contributed by atoms with Crippen molar-refractivity contribution in [2.24, 2.45) is 4.99 Å². The summed E-state index contributed by atoms with van der Waals surface area (Å²) >= 11 is 1.53. The maximum Gasteiger partial charge on any atom is 0.331 e. The molecule has 8 nitrogen and oxygen atoms in total. The molecule has 0 radical (unpaired) electrons. The molecule has 1 atom stereocenters. The van der Waals surface area contributed by atoms with Crippen molar-refractivity contribution in [1.82, 2.24) is 9.62 Å². The molecule has 2 heterocycles. The number of esters is 1. The molecule has 1 N–H and O–H groups in total. The Bertz CT molecular complexity index is 1020. The molecule has 28 heavy (non-hydrogen) atoms. The molecule has 1 aromatic heterocycles. The van der Waals surface area contributed by atoms with E-state index < -0.39 is 28.6 Å². The fraction of sp³-hybridized carbons (Fsp3) is 0.278. The van der Waals surface area contributed by atoms with Crippen molar-refractivity contribution in [2.45, 2.75) is 24.4 Å². The summed E-state index contributed by atoms with van der Waals surface area (Å²) in [4.78, 5) is 31.0. The standard InChI is InChI=1S/C18H19N3O5S2/c1-12(19-17-14-7-3-4-8-15(14)28(24,25)20-17)18(23)26-11-16(22)21(2)10-13-6-5-9-27-13/h3-9,12H,10-11H2,1-2H3,(H,19,20)/t12-/m0/s1. The number of likely N-dealkylation sites (N-methyl/N-ethyl adjacent to an activating group) is 1. The monoisotopic (exact) mass is 421 g/mol. The molecule has 1 amide bonds. The molecular weight excluding hydrogens is 402 g/mol. The lowest BCUT2D eigenvalue weighted by molar-refractivity contribution is -0.152. The van der Waals surface area contributed by atoms with Gasteiger partial charge in [-0.25, -0.2) is 13.2 Å². The van der Waals surface area contributed by atoms with Crippen LogP contribution in [0.5, 0.6) is 0 Å². The molecule has 0 saturated heterocycles. The molecule has 148 valence electrons. The summed E-state index contributed by atoms with van der Waals surface area (Å²) < 4.78 is 31.5. The first kappa shape index (κ1) is 20.0. The van der Waals surface area contributed by atoms with E-state index in [9.17, 15) is 18.0 Å². The van der Waals surface area contributed by atoms with Crippen LogP contribution in [-0.4, -0.2) is 50.7 Å². The number of hydrogen-bond acceptors (Lipinski definition) is 7. The number of benzene rings is 1. The largest absolute Gasteiger partial charge is 0.454 e. The van der Waals surface area contributed by atoms with Crippen LogP contribution < -0.4 is 4.72 Å². The van der Waals surface area contributed by atoms with Crippen LogP contribution in [0.15, 0.2) is 51.7 Å². The van der Waals surface area contributed by atoms with Gasteiger partial charge in [-0.1, -0.05) is 18.2 Å². The molecule has 0 fully saturated rings. The van der Waals surface area contributed by atoms with Gasteiger partial charge in [0.2, 0.25) is 0 Å². The van der Waals surface area contributed by atoms with Gasteiger partial charge in [-0.15, -0.1) is 11.3 Å². The van der Waals surface area contributed by atoms with Crippen molar-refractivity contribution in [3.8, 4) is 0 Å². The number of ether oxygens (including phenoxy) is 1. The van der Waals surface area contributed by atoms with E-state index in [1.54, 1.807) is 25.2 Å². The Morgan fingerprint density at radius 3 is 2.71 bits per heavy atom. The van der Waals surface area contributed by atoms with Gasteiger partial charge in [0, 0.05) is 17.5 Å². The summed E-state index contributed by atoms with van der Waals surface area (Å²) in [6, 6.07) is 9.20. The predicted octanol–water partition coefficient (Wildman–Crippen LogP) is 1.38. The Morgan fingerprint density at radius 1 is 1.25 bits per heavy atom. The minimum Gasteiger partial charge on any atom is -0.454 e. The number of nitrogens with one attached hydrogen (secondary N) is 1. The minimum absolute atomic E-state index is 0.0844. The number of thiophene rings is 1. The van der Waals surface area contributed by atoms with Gasteiger partial charge in [0.05, 0.1) is 11.4 Å². The summed E-state index contributed by atoms with van der Waals surface area (Å²) in [5.41, 5.74) is 0.397. The summed E-state index contributed by atoms with van der Waals surface area (Å²) in [6.07, 6.45) is 0. The lowest BCUT2D eigenvalue weighted by atomic mass is 10.2. The molecule has 2 aromatic rings. The lowest BCUT2D eigenvalue weighted by Gasteiger charge is -2.16.